The number of amides is 1. The summed E-state index contributed by atoms with van der Waals surface area (Å²) in [6, 6.07) is 13.9. The fraction of sp³-hybridized carbons (Fsp3) is 0.238. The van der Waals surface area contributed by atoms with Crippen molar-refractivity contribution in [3.63, 3.8) is 0 Å². The number of anilines is 1. The summed E-state index contributed by atoms with van der Waals surface area (Å²) >= 11 is 1.54. The fourth-order valence-electron chi connectivity index (χ4n) is 3.32. The van der Waals surface area contributed by atoms with Gasteiger partial charge in [0.1, 0.15) is 17.4 Å². The molecule has 28 heavy (non-hydrogen) atoms. The summed E-state index contributed by atoms with van der Waals surface area (Å²) in [5.74, 6) is 1.04. The number of halogens is 1. The molecule has 2 aromatic carbocycles. The fourth-order valence-corrected chi connectivity index (χ4v) is 4.64. The Hall–Kier alpha value is -2.80. The summed E-state index contributed by atoms with van der Waals surface area (Å²) in [6.45, 7) is 3.81. The van der Waals surface area contributed by atoms with E-state index in [1.807, 2.05) is 38.1 Å². The lowest BCUT2D eigenvalue weighted by molar-refractivity contribution is -0.115. The highest BCUT2D eigenvalue weighted by molar-refractivity contribution is 8.01. The number of fused-ring (bicyclic) bond motifs is 1. The highest BCUT2D eigenvalue weighted by Crippen LogP contribution is 2.46. The van der Waals surface area contributed by atoms with Gasteiger partial charge in [-0.2, -0.15) is 5.10 Å². The molecule has 0 unspecified atom stereocenters. The third kappa shape index (κ3) is 3.26. The van der Waals surface area contributed by atoms with Gasteiger partial charge in [0, 0.05) is 5.56 Å². The highest BCUT2D eigenvalue weighted by atomic mass is 32.2. The van der Waals surface area contributed by atoms with Gasteiger partial charge in [-0.25, -0.2) is 9.07 Å². The summed E-state index contributed by atoms with van der Waals surface area (Å²) in [5, 5.41) is 7.33. The Morgan fingerprint density at radius 2 is 1.82 bits per heavy atom. The first kappa shape index (κ1) is 18.6. The smallest absolute Gasteiger partial charge is 0.238 e. The minimum absolute atomic E-state index is 0.0782. The molecule has 2 heterocycles. The lowest BCUT2D eigenvalue weighted by Crippen LogP contribution is -2.22. The van der Waals surface area contributed by atoms with Crippen LogP contribution in [0.2, 0.25) is 0 Å². The Balaban J connectivity index is 1.87. The molecule has 4 rings (SSSR count). The van der Waals surface area contributed by atoms with Gasteiger partial charge in [-0.3, -0.25) is 4.79 Å². The van der Waals surface area contributed by atoms with Gasteiger partial charge < -0.3 is 10.1 Å². The van der Waals surface area contributed by atoms with E-state index < -0.39 is 0 Å². The van der Waals surface area contributed by atoms with Gasteiger partial charge >= 0.3 is 0 Å². The van der Waals surface area contributed by atoms with Crippen molar-refractivity contribution in [1.82, 2.24) is 9.78 Å². The van der Waals surface area contributed by atoms with Crippen LogP contribution in [0.5, 0.6) is 5.75 Å². The van der Waals surface area contributed by atoms with E-state index in [9.17, 15) is 9.18 Å². The predicted octanol–water partition coefficient (Wildman–Crippen LogP) is 4.49. The second kappa shape index (κ2) is 7.31. The third-order valence-corrected chi connectivity index (χ3v) is 6.21. The number of nitrogens with zero attached hydrogens (tertiary/aromatic N) is 2. The average Bonchev–Trinajstić information content (AvgIpc) is 2.95. The molecule has 0 saturated carbocycles. The van der Waals surface area contributed by atoms with Crippen LogP contribution >= 0.6 is 11.8 Å². The van der Waals surface area contributed by atoms with Gasteiger partial charge in [-0.15, -0.1) is 11.8 Å². The predicted molar refractivity (Wildman–Crippen MR) is 109 cm³/mol. The molecule has 1 aromatic heterocycles. The van der Waals surface area contributed by atoms with Gasteiger partial charge in [0.15, 0.2) is 0 Å². The maximum atomic E-state index is 13.4. The molecule has 144 valence electrons. The van der Waals surface area contributed by atoms with E-state index in [1.165, 1.54) is 23.9 Å². The van der Waals surface area contributed by atoms with Crippen molar-refractivity contribution in [2.24, 2.45) is 0 Å². The number of ether oxygens (including phenoxy) is 1. The molecule has 0 aliphatic carbocycles. The summed E-state index contributed by atoms with van der Waals surface area (Å²) in [6.07, 6.45) is 0. The number of thioether (sulfide) groups is 1. The second-order valence-corrected chi connectivity index (χ2v) is 8.11. The summed E-state index contributed by atoms with van der Waals surface area (Å²) in [4.78, 5) is 12.6. The van der Waals surface area contributed by atoms with Crippen molar-refractivity contribution < 1.29 is 13.9 Å². The van der Waals surface area contributed by atoms with Crippen LogP contribution in [-0.2, 0) is 4.79 Å². The topological polar surface area (TPSA) is 56.1 Å². The maximum Gasteiger partial charge on any atom is 0.238 e. The molecule has 3 aromatic rings. The second-order valence-electron chi connectivity index (χ2n) is 6.66. The summed E-state index contributed by atoms with van der Waals surface area (Å²) in [7, 11) is 1.62. The number of aryl methyl sites for hydroxylation is 1. The molecule has 1 aliphatic rings. The normalized spacial score (nSPS) is 18.9. The van der Waals surface area contributed by atoms with Crippen LogP contribution in [0.1, 0.15) is 29.0 Å². The van der Waals surface area contributed by atoms with Crippen LogP contribution in [0, 0.1) is 12.7 Å². The average molecular weight is 397 g/mol. The standard InChI is InChI=1S/C21H20FN3O2S/c1-12-18-19(14-4-6-15(22)7-5-14)28-13(2)21(26)23-20(18)25(24-12)16-8-10-17(27-3)11-9-16/h4-11,13,19H,1-3H3,(H,23,26)/t13-,19+/m0/s1. The number of carbonyl (C=O) groups is 1. The minimum Gasteiger partial charge on any atom is -0.497 e. The van der Waals surface area contributed by atoms with Crippen LogP contribution < -0.4 is 10.1 Å². The third-order valence-electron chi connectivity index (χ3n) is 4.81. The van der Waals surface area contributed by atoms with E-state index in [-0.39, 0.29) is 22.2 Å². The number of aromatic nitrogens is 2. The molecule has 1 amide bonds. The molecule has 5 nitrogen and oxygen atoms in total. The van der Waals surface area contributed by atoms with E-state index >= 15 is 0 Å². The number of rotatable bonds is 3. The van der Waals surface area contributed by atoms with Crippen molar-refractivity contribution >= 4 is 23.5 Å². The zero-order valence-corrected chi connectivity index (χ0v) is 16.6. The first-order chi connectivity index (χ1) is 13.5. The molecule has 0 saturated heterocycles. The van der Waals surface area contributed by atoms with Crippen molar-refractivity contribution in [1.29, 1.82) is 0 Å². The van der Waals surface area contributed by atoms with Gasteiger partial charge in [-0.05, 0) is 55.8 Å². The molecule has 1 N–H and O–H groups in total. The Morgan fingerprint density at radius 1 is 1.14 bits per heavy atom. The molecule has 0 spiro atoms. The number of carbonyl (C=O) groups excluding carboxylic acids is 1. The number of benzene rings is 2. The quantitative estimate of drug-likeness (QED) is 0.707. The molecular formula is C21H20FN3O2S. The SMILES string of the molecule is COc1ccc(-n2nc(C)c3c2NC(=O)[C@H](C)S[C@@H]3c2ccc(F)cc2)cc1. The summed E-state index contributed by atoms with van der Waals surface area (Å²) in [5.41, 5.74) is 3.52. The minimum atomic E-state index is -0.282. The zero-order valence-electron chi connectivity index (χ0n) is 15.8. The lowest BCUT2D eigenvalue weighted by atomic mass is 10.0. The monoisotopic (exact) mass is 397 g/mol. The highest BCUT2D eigenvalue weighted by Gasteiger charge is 2.34. The summed E-state index contributed by atoms with van der Waals surface area (Å²) < 4.78 is 20.4. The Kier molecular flexibility index (Phi) is 4.85. The molecule has 7 heteroatoms. The van der Waals surface area contributed by atoms with E-state index in [1.54, 1.807) is 23.9 Å². The number of methoxy groups -OCH3 is 1. The van der Waals surface area contributed by atoms with Gasteiger partial charge in [0.25, 0.3) is 0 Å². The first-order valence-electron chi connectivity index (χ1n) is 8.93. The van der Waals surface area contributed by atoms with Gasteiger partial charge in [0.05, 0.1) is 29.0 Å². The van der Waals surface area contributed by atoms with E-state index in [4.69, 9.17) is 4.74 Å². The van der Waals surface area contributed by atoms with Crippen LogP contribution in [-0.4, -0.2) is 28.0 Å². The van der Waals surface area contributed by atoms with Crippen molar-refractivity contribution in [3.8, 4) is 11.4 Å². The Bertz CT molecular complexity index is 1020. The molecule has 0 radical (unpaired) electrons. The molecule has 2 atom stereocenters. The van der Waals surface area contributed by atoms with Crippen LogP contribution in [0.15, 0.2) is 48.5 Å². The van der Waals surface area contributed by atoms with Crippen molar-refractivity contribution in [2.75, 3.05) is 12.4 Å². The lowest BCUT2D eigenvalue weighted by Gasteiger charge is -2.17. The number of hydrogen-bond acceptors (Lipinski definition) is 4. The molecule has 0 bridgehead atoms. The molecule has 1 aliphatic heterocycles. The van der Waals surface area contributed by atoms with Crippen molar-refractivity contribution in [2.45, 2.75) is 24.3 Å². The maximum absolute atomic E-state index is 13.4. The molecular weight excluding hydrogens is 377 g/mol. The first-order valence-corrected chi connectivity index (χ1v) is 9.88. The Morgan fingerprint density at radius 3 is 2.46 bits per heavy atom. The van der Waals surface area contributed by atoms with E-state index in [2.05, 4.69) is 10.4 Å². The van der Waals surface area contributed by atoms with Gasteiger partial charge in [-0.1, -0.05) is 12.1 Å². The zero-order chi connectivity index (χ0) is 19.8. The van der Waals surface area contributed by atoms with Crippen molar-refractivity contribution in [3.05, 3.63) is 71.2 Å². The van der Waals surface area contributed by atoms with E-state index in [0.717, 1.165) is 28.3 Å². The molecule has 0 fully saturated rings. The van der Waals surface area contributed by atoms with E-state index in [0.29, 0.717) is 5.82 Å². The van der Waals surface area contributed by atoms with Gasteiger partial charge in [0.2, 0.25) is 5.91 Å². The van der Waals surface area contributed by atoms with Crippen LogP contribution in [0.3, 0.4) is 0 Å². The van der Waals surface area contributed by atoms with Crippen LogP contribution in [0.25, 0.3) is 5.69 Å². The van der Waals surface area contributed by atoms with Crippen LogP contribution in [0.4, 0.5) is 10.2 Å². The largest absolute Gasteiger partial charge is 0.497 e. The number of hydrogen-bond donors (Lipinski definition) is 1. The number of nitrogens with one attached hydrogen (secondary N) is 1. The Labute approximate surface area is 166 Å².